The maximum absolute atomic E-state index is 12.2. The van der Waals surface area contributed by atoms with Crippen LogP contribution in [0.25, 0.3) is 5.65 Å². The van der Waals surface area contributed by atoms with Gasteiger partial charge in [-0.25, -0.2) is 9.78 Å². The molecule has 114 valence electrons. The van der Waals surface area contributed by atoms with Crippen LogP contribution >= 0.6 is 11.6 Å². The second-order valence-corrected chi connectivity index (χ2v) is 4.27. The Kier molecular flexibility index (Phi) is 4.84. The van der Waals surface area contributed by atoms with Crippen LogP contribution in [0.1, 0.15) is 0 Å². The smallest absolute Gasteiger partial charge is 0.362 e. The number of allylic oxidation sites excluding steroid dienone is 1. The van der Waals surface area contributed by atoms with Gasteiger partial charge in [0.1, 0.15) is 11.4 Å². The average Bonchev–Trinajstić information content (AvgIpc) is 2.56. The number of fused-ring (bicyclic) bond motifs is 1. The van der Waals surface area contributed by atoms with E-state index in [0.29, 0.717) is 5.65 Å². The number of hydrogen-bond acceptors (Lipinski definition) is 7. The fourth-order valence-corrected chi connectivity index (χ4v) is 1.69. The molecule has 0 aromatic carbocycles. The predicted octanol–water partition coefficient (Wildman–Crippen LogP) is 1.96. The molecule has 0 amide bonds. The molecule has 0 radical (unpaired) electrons. The number of pyridine rings is 1. The molecule has 0 bridgehead atoms. The first kappa shape index (κ1) is 15.6. The van der Waals surface area contributed by atoms with E-state index in [1.54, 1.807) is 18.2 Å². The fourth-order valence-electron chi connectivity index (χ4n) is 1.57. The molecule has 9 heteroatoms. The molecule has 0 aliphatic rings. The highest BCUT2D eigenvalue weighted by Gasteiger charge is 2.15. The molecule has 0 saturated carbocycles. The summed E-state index contributed by atoms with van der Waals surface area (Å²) in [6.07, 6.45) is 2.74. The van der Waals surface area contributed by atoms with Crippen LogP contribution in [0.5, 0.6) is 0 Å². The van der Waals surface area contributed by atoms with Gasteiger partial charge in [-0.15, -0.1) is 21.8 Å². The van der Waals surface area contributed by atoms with Crippen molar-refractivity contribution in [1.82, 2.24) is 9.38 Å². The highest BCUT2D eigenvalue weighted by molar-refractivity contribution is 6.19. The summed E-state index contributed by atoms with van der Waals surface area (Å²) in [5.74, 6) is -1.78. The third kappa shape index (κ3) is 3.12. The summed E-state index contributed by atoms with van der Waals surface area (Å²) in [7, 11) is 1.12. The topological polar surface area (TPSA) is 106 Å². The third-order valence-corrected chi connectivity index (χ3v) is 2.88. The Bertz CT molecular complexity index is 828. The van der Waals surface area contributed by atoms with E-state index < -0.39 is 23.0 Å². The minimum Gasteiger partial charge on any atom is -0.508 e. The van der Waals surface area contributed by atoms with E-state index in [9.17, 15) is 14.7 Å². The summed E-state index contributed by atoms with van der Waals surface area (Å²) in [4.78, 5) is 27.7. The molecule has 22 heavy (non-hydrogen) atoms. The first-order chi connectivity index (χ1) is 10.6. The van der Waals surface area contributed by atoms with E-state index >= 15 is 0 Å². The van der Waals surface area contributed by atoms with Gasteiger partial charge in [0.05, 0.1) is 19.2 Å². The Balaban J connectivity index is 2.47. The van der Waals surface area contributed by atoms with E-state index in [1.807, 2.05) is 0 Å². The SMILES string of the molecule is COC(=O)/C(N=Nc1cnc2ccccn2c1=O)=C(\O)CCl. The summed E-state index contributed by atoms with van der Waals surface area (Å²) in [6.45, 7) is 0. The molecule has 0 fully saturated rings. The minimum absolute atomic E-state index is 0.104. The van der Waals surface area contributed by atoms with Gasteiger partial charge >= 0.3 is 5.97 Å². The first-order valence-corrected chi connectivity index (χ1v) is 6.56. The quantitative estimate of drug-likeness (QED) is 0.304. The number of rotatable bonds is 4. The molecule has 2 heterocycles. The monoisotopic (exact) mass is 322 g/mol. The molecule has 0 aliphatic carbocycles. The van der Waals surface area contributed by atoms with Gasteiger partial charge in [0.15, 0.2) is 5.69 Å². The lowest BCUT2D eigenvalue weighted by atomic mass is 10.4. The standard InChI is InChI=1S/C13H11ClN4O4/c1-22-13(21)11(9(19)6-14)17-16-8-7-15-10-4-2-3-5-18(10)12(8)20/h2-5,7,19H,6H2,1H3/b11-9+,17-16?. The molecular weight excluding hydrogens is 312 g/mol. The van der Waals surface area contributed by atoms with Gasteiger partial charge in [-0.3, -0.25) is 9.20 Å². The second kappa shape index (κ2) is 6.81. The number of esters is 1. The number of hydrogen-bond donors (Lipinski definition) is 1. The fraction of sp³-hybridized carbons (Fsp3) is 0.154. The average molecular weight is 323 g/mol. The van der Waals surface area contributed by atoms with Crippen molar-refractivity contribution in [3.8, 4) is 0 Å². The van der Waals surface area contributed by atoms with Gasteiger partial charge in [0, 0.05) is 6.20 Å². The zero-order valence-corrected chi connectivity index (χ0v) is 12.2. The lowest BCUT2D eigenvalue weighted by Gasteiger charge is -2.02. The van der Waals surface area contributed by atoms with Crippen molar-refractivity contribution in [2.45, 2.75) is 0 Å². The number of carbonyl (C=O) groups excluding carboxylic acids is 1. The third-order valence-electron chi connectivity index (χ3n) is 2.63. The number of carbonyl (C=O) groups is 1. The summed E-state index contributed by atoms with van der Waals surface area (Å²) < 4.78 is 5.73. The van der Waals surface area contributed by atoms with Gasteiger partial charge in [0.2, 0.25) is 5.70 Å². The van der Waals surface area contributed by atoms with E-state index in [-0.39, 0.29) is 11.6 Å². The lowest BCUT2D eigenvalue weighted by Crippen LogP contribution is -2.13. The van der Waals surface area contributed by atoms with E-state index in [4.69, 9.17) is 11.6 Å². The lowest BCUT2D eigenvalue weighted by molar-refractivity contribution is -0.136. The number of halogens is 1. The maximum Gasteiger partial charge on any atom is 0.362 e. The molecule has 2 aromatic rings. The molecule has 0 spiro atoms. The van der Waals surface area contributed by atoms with Crippen LogP contribution in [0.3, 0.4) is 0 Å². The predicted molar refractivity (Wildman–Crippen MR) is 78.4 cm³/mol. The van der Waals surface area contributed by atoms with Crippen LogP contribution in [-0.2, 0) is 9.53 Å². The molecule has 0 aliphatic heterocycles. The number of methoxy groups -OCH3 is 1. The zero-order valence-electron chi connectivity index (χ0n) is 11.4. The number of aliphatic hydroxyl groups is 1. The van der Waals surface area contributed by atoms with Crippen LogP contribution < -0.4 is 5.56 Å². The van der Waals surface area contributed by atoms with Crippen LogP contribution in [-0.4, -0.2) is 33.5 Å². The molecule has 0 atom stereocenters. The Morgan fingerprint density at radius 3 is 2.95 bits per heavy atom. The minimum atomic E-state index is -0.921. The molecule has 8 nitrogen and oxygen atoms in total. The van der Waals surface area contributed by atoms with Crippen LogP contribution in [0.2, 0.25) is 0 Å². The summed E-state index contributed by atoms with van der Waals surface area (Å²) in [5, 5.41) is 16.7. The van der Waals surface area contributed by atoms with Crippen molar-refractivity contribution in [2.75, 3.05) is 13.0 Å². The summed E-state index contributed by atoms with van der Waals surface area (Å²) in [5.41, 5.74) is -0.606. The van der Waals surface area contributed by atoms with Gasteiger partial charge < -0.3 is 9.84 Å². The van der Waals surface area contributed by atoms with Crippen molar-refractivity contribution in [3.63, 3.8) is 0 Å². The Morgan fingerprint density at radius 2 is 2.27 bits per heavy atom. The van der Waals surface area contributed by atoms with Crippen molar-refractivity contribution in [2.24, 2.45) is 10.2 Å². The van der Waals surface area contributed by atoms with Crippen LogP contribution in [0.4, 0.5) is 5.69 Å². The van der Waals surface area contributed by atoms with E-state index in [0.717, 1.165) is 7.11 Å². The Hall–Kier alpha value is -2.74. The van der Waals surface area contributed by atoms with Crippen molar-refractivity contribution < 1.29 is 14.6 Å². The van der Waals surface area contributed by atoms with Crippen molar-refractivity contribution >= 4 is 28.9 Å². The number of alkyl halides is 1. The number of aliphatic hydroxyl groups excluding tert-OH is 1. The van der Waals surface area contributed by atoms with Crippen LogP contribution in [0.15, 0.2) is 57.1 Å². The second-order valence-electron chi connectivity index (χ2n) is 4.00. The number of ether oxygens (including phenoxy) is 1. The molecule has 0 saturated heterocycles. The Morgan fingerprint density at radius 1 is 1.50 bits per heavy atom. The highest BCUT2D eigenvalue weighted by Crippen LogP contribution is 2.12. The van der Waals surface area contributed by atoms with E-state index in [2.05, 4.69) is 19.9 Å². The molecule has 1 N–H and O–H groups in total. The van der Waals surface area contributed by atoms with Gasteiger partial charge in [-0.2, -0.15) is 0 Å². The van der Waals surface area contributed by atoms with Crippen LogP contribution in [0, 0.1) is 0 Å². The molecule has 2 rings (SSSR count). The molecule has 2 aromatic heterocycles. The maximum atomic E-state index is 12.2. The van der Waals surface area contributed by atoms with Gasteiger partial charge in [0.25, 0.3) is 5.56 Å². The normalized spacial score (nSPS) is 12.5. The zero-order chi connectivity index (χ0) is 16.1. The van der Waals surface area contributed by atoms with Gasteiger partial charge in [-0.05, 0) is 12.1 Å². The number of azo groups is 1. The summed E-state index contributed by atoms with van der Waals surface area (Å²) in [6, 6.07) is 5.05. The largest absolute Gasteiger partial charge is 0.508 e. The molecule has 0 unspecified atom stereocenters. The highest BCUT2D eigenvalue weighted by atomic mass is 35.5. The summed E-state index contributed by atoms with van der Waals surface area (Å²) >= 11 is 5.44. The Labute approximate surface area is 129 Å². The first-order valence-electron chi connectivity index (χ1n) is 6.03. The van der Waals surface area contributed by atoms with E-state index in [1.165, 1.54) is 16.8 Å². The number of aromatic nitrogens is 2. The molecular formula is C13H11ClN4O4. The van der Waals surface area contributed by atoms with Crippen molar-refractivity contribution in [1.29, 1.82) is 0 Å². The van der Waals surface area contributed by atoms with Crippen molar-refractivity contribution in [3.05, 3.63) is 52.4 Å². The number of nitrogens with zero attached hydrogens (tertiary/aromatic N) is 4. The van der Waals surface area contributed by atoms with Gasteiger partial charge in [-0.1, -0.05) is 6.07 Å².